The van der Waals surface area contributed by atoms with Crippen LogP contribution in [0.3, 0.4) is 0 Å². The molecule has 26 heavy (non-hydrogen) atoms. The van der Waals surface area contributed by atoms with Crippen LogP contribution in [0, 0.1) is 18.7 Å². The first-order valence-electron chi connectivity index (χ1n) is 9.68. The van der Waals surface area contributed by atoms with E-state index in [4.69, 9.17) is 0 Å². The second-order valence-corrected chi connectivity index (χ2v) is 7.79. The lowest BCUT2D eigenvalue weighted by Gasteiger charge is -2.34. The standard InChI is InChI=1S/C21H26FN3O/c1-15-12-17(7-8-19(15)22)21(26)25-10-3-6-18(14-25)20-23-9-11-24(20)13-16-4-2-5-16/h7-9,11-12,16,18H,2-6,10,13-14H2,1H3/t18-/m1/s1. The fourth-order valence-corrected chi connectivity index (χ4v) is 4.12. The van der Waals surface area contributed by atoms with Crippen LogP contribution in [0.4, 0.5) is 4.39 Å². The van der Waals surface area contributed by atoms with Gasteiger partial charge >= 0.3 is 0 Å². The third-order valence-electron chi connectivity index (χ3n) is 5.91. The Morgan fingerprint density at radius 1 is 1.27 bits per heavy atom. The minimum absolute atomic E-state index is 0.00472. The summed E-state index contributed by atoms with van der Waals surface area (Å²) in [4.78, 5) is 19.4. The number of carbonyl (C=O) groups is 1. The molecule has 1 amide bonds. The van der Waals surface area contributed by atoms with Crippen LogP contribution >= 0.6 is 0 Å². The molecule has 2 heterocycles. The highest BCUT2D eigenvalue weighted by molar-refractivity contribution is 5.94. The molecule has 2 aromatic rings. The molecular formula is C21H26FN3O. The van der Waals surface area contributed by atoms with Crippen molar-refractivity contribution in [1.82, 2.24) is 14.5 Å². The Morgan fingerprint density at radius 3 is 2.85 bits per heavy atom. The predicted octanol–water partition coefficient (Wildman–Crippen LogP) is 4.15. The van der Waals surface area contributed by atoms with Crippen molar-refractivity contribution in [2.75, 3.05) is 13.1 Å². The van der Waals surface area contributed by atoms with Crippen LogP contribution in [0.15, 0.2) is 30.6 Å². The number of likely N-dealkylation sites (tertiary alicyclic amines) is 1. The van der Waals surface area contributed by atoms with E-state index < -0.39 is 0 Å². The number of carbonyl (C=O) groups excluding carboxylic acids is 1. The van der Waals surface area contributed by atoms with Crippen LogP contribution < -0.4 is 0 Å². The summed E-state index contributed by atoms with van der Waals surface area (Å²) in [5, 5.41) is 0. The van der Waals surface area contributed by atoms with E-state index in [1.165, 1.54) is 25.3 Å². The molecule has 0 spiro atoms. The van der Waals surface area contributed by atoms with E-state index in [1.807, 2.05) is 11.1 Å². The molecule has 138 valence electrons. The Kier molecular flexibility index (Phi) is 4.79. The van der Waals surface area contributed by atoms with Gasteiger partial charge in [-0.15, -0.1) is 0 Å². The molecule has 1 saturated carbocycles. The lowest BCUT2D eigenvalue weighted by Crippen LogP contribution is -2.40. The average molecular weight is 355 g/mol. The lowest BCUT2D eigenvalue weighted by atomic mass is 9.85. The third kappa shape index (κ3) is 3.39. The zero-order valence-electron chi connectivity index (χ0n) is 15.3. The van der Waals surface area contributed by atoms with Crippen molar-refractivity contribution in [2.45, 2.75) is 51.5 Å². The van der Waals surface area contributed by atoms with Crippen molar-refractivity contribution in [3.05, 3.63) is 53.4 Å². The van der Waals surface area contributed by atoms with E-state index in [1.54, 1.807) is 19.1 Å². The van der Waals surface area contributed by atoms with E-state index in [-0.39, 0.29) is 17.6 Å². The SMILES string of the molecule is Cc1cc(C(=O)N2CCC[C@@H](c3nccn3CC3CCC3)C2)ccc1F. The summed E-state index contributed by atoms with van der Waals surface area (Å²) in [6.45, 7) is 4.20. The average Bonchev–Trinajstić information content (AvgIpc) is 3.08. The van der Waals surface area contributed by atoms with Crippen LogP contribution in [-0.2, 0) is 6.54 Å². The minimum Gasteiger partial charge on any atom is -0.338 e. The highest BCUT2D eigenvalue weighted by Crippen LogP contribution is 2.31. The molecule has 1 aliphatic carbocycles. The van der Waals surface area contributed by atoms with Gasteiger partial charge in [0.15, 0.2) is 0 Å². The molecular weight excluding hydrogens is 329 g/mol. The number of imidazole rings is 1. The van der Waals surface area contributed by atoms with Gasteiger partial charge in [0.25, 0.3) is 5.91 Å². The molecule has 1 aliphatic heterocycles. The van der Waals surface area contributed by atoms with Gasteiger partial charge in [-0.2, -0.15) is 0 Å². The molecule has 1 aromatic heterocycles. The van der Waals surface area contributed by atoms with Crippen molar-refractivity contribution in [3.63, 3.8) is 0 Å². The zero-order valence-corrected chi connectivity index (χ0v) is 15.3. The van der Waals surface area contributed by atoms with E-state index in [9.17, 15) is 9.18 Å². The number of hydrogen-bond donors (Lipinski definition) is 0. The summed E-state index contributed by atoms with van der Waals surface area (Å²) >= 11 is 0. The first-order chi connectivity index (χ1) is 12.6. The molecule has 2 aliphatic rings. The van der Waals surface area contributed by atoms with Crippen LogP contribution in [0.2, 0.25) is 0 Å². The van der Waals surface area contributed by atoms with Gasteiger partial charge in [0.2, 0.25) is 0 Å². The molecule has 0 bridgehead atoms. The van der Waals surface area contributed by atoms with Gasteiger partial charge in [-0.05, 0) is 62.3 Å². The molecule has 1 aromatic carbocycles. The summed E-state index contributed by atoms with van der Waals surface area (Å²) in [7, 11) is 0. The van der Waals surface area contributed by atoms with E-state index in [0.717, 1.165) is 37.7 Å². The maximum atomic E-state index is 13.5. The Hall–Kier alpha value is -2.17. The molecule has 5 heteroatoms. The number of piperidine rings is 1. The fourth-order valence-electron chi connectivity index (χ4n) is 4.12. The summed E-state index contributed by atoms with van der Waals surface area (Å²) < 4.78 is 15.8. The smallest absolute Gasteiger partial charge is 0.253 e. The Labute approximate surface area is 154 Å². The third-order valence-corrected chi connectivity index (χ3v) is 5.91. The Balaban J connectivity index is 1.48. The van der Waals surface area contributed by atoms with Gasteiger partial charge in [0.05, 0.1) is 0 Å². The first-order valence-corrected chi connectivity index (χ1v) is 9.68. The number of halogens is 1. The summed E-state index contributed by atoms with van der Waals surface area (Å²) in [5.74, 6) is 1.91. The highest BCUT2D eigenvalue weighted by Gasteiger charge is 2.29. The van der Waals surface area contributed by atoms with Crippen LogP contribution in [-0.4, -0.2) is 33.4 Å². The second-order valence-electron chi connectivity index (χ2n) is 7.79. The van der Waals surface area contributed by atoms with Gasteiger partial charge in [0, 0.05) is 43.5 Å². The Bertz CT molecular complexity index is 796. The predicted molar refractivity (Wildman–Crippen MR) is 98.6 cm³/mol. The monoisotopic (exact) mass is 355 g/mol. The Morgan fingerprint density at radius 2 is 2.12 bits per heavy atom. The van der Waals surface area contributed by atoms with Crippen molar-refractivity contribution in [1.29, 1.82) is 0 Å². The van der Waals surface area contributed by atoms with Crippen LogP contribution in [0.5, 0.6) is 0 Å². The maximum Gasteiger partial charge on any atom is 0.253 e. The molecule has 0 N–H and O–H groups in total. The van der Waals surface area contributed by atoms with E-state index >= 15 is 0 Å². The fraction of sp³-hybridized carbons (Fsp3) is 0.524. The molecule has 0 radical (unpaired) electrons. The van der Waals surface area contributed by atoms with E-state index in [2.05, 4.69) is 15.7 Å². The first kappa shape index (κ1) is 17.3. The van der Waals surface area contributed by atoms with Crippen LogP contribution in [0.1, 0.15) is 59.8 Å². The summed E-state index contributed by atoms with van der Waals surface area (Å²) in [6, 6.07) is 4.62. The van der Waals surface area contributed by atoms with Gasteiger partial charge in [0.1, 0.15) is 11.6 Å². The zero-order chi connectivity index (χ0) is 18.1. The minimum atomic E-state index is -0.268. The van der Waals surface area contributed by atoms with Gasteiger partial charge in [-0.25, -0.2) is 9.37 Å². The van der Waals surface area contributed by atoms with Gasteiger partial charge in [-0.3, -0.25) is 4.79 Å². The summed E-state index contributed by atoms with van der Waals surface area (Å²) in [5.41, 5.74) is 1.09. The number of aromatic nitrogens is 2. The largest absolute Gasteiger partial charge is 0.338 e. The van der Waals surface area contributed by atoms with Crippen molar-refractivity contribution in [3.8, 4) is 0 Å². The van der Waals surface area contributed by atoms with Crippen molar-refractivity contribution < 1.29 is 9.18 Å². The van der Waals surface area contributed by atoms with Crippen molar-refractivity contribution in [2.24, 2.45) is 5.92 Å². The molecule has 2 fully saturated rings. The number of amides is 1. The molecule has 4 rings (SSSR count). The van der Waals surface area contributed by atoms with Gasteiger partial charge < -0.3 is 9.47 Å². The van der Waals surface area contributed by atoms with Gasteiger partial charge in [-0.1, -0.05) is 6.42 Å². The molecule has 4 nitrogen and oxygen atoms in total. The quantitative estimate of drug-likeness (QED) is 0.826. The number of hydrogen-bond acceptors (Lipinski definition) is 2. The molecule has 0 unspecified atom stereocenters. The lowest BCUT2D eigenvalue weighted by molar-refractivity contribution is 0.0702. The normalized spacial score (nSPS) is 20.8. The summed E-state index contributed by atoms with van der Waals surface area (Å²) in [6.07, 6.45) is 9.99. The van der Waals surface area contributed by atoms with Crippen LogP contribution in [0.25, 0.3) is 0 Å². The highest BCUT2D eigenvalue weighted by atomic mass is 19.1. The molecule has 1 saturated heterocycles. The van der Waals surface area contributed by atoms with E-state index in [0.29, 0.717) is 17.7 Å². The number of aryl methyl sites for hydroxylation is 1. The number of benzene rings is 1. The number of nitrogens with zero attached hydrogens (tertiary/aromatic N) is 3. The van der Waals surface area contributed by atoms with Crippen molar-refractivity contribution >= 4 is 5.91 Å². The molecule has 1 atom stereocenters. The number of rotatable bonds is 4. The maximum absolute atomic E-state index is 13.5. The topological polar surface area (TPSA) is 38.1 Å². The second kappa shape index (κ2) is 7.22.